The van der Waals surface area contributed by atoms with Crippen LogP contribution in [0.5, 0.6) is 0 Å². The smallest absolute Gasteiger partial charge is 0.183 e. The number of halogens is 2. The first-order valence-electron chi connectivity index (χ1n) is 10.4. The predicted molar refractivity (Wildman–Crippen MR) is 116 cm³/mol. The van der Waals surface area contributed by atoms with Gasteiger partial charge in [-0.25, -0.2) is 23.0 Å². The summed E-state index contributed by atoms with van der Waals surface area (Å²) in [6, 6.07) is 7.18. The lowest BCUT2D eigenvalue weighted by atomic mass is 10.0. The van der Waals surface area contributed by atoms with Crippen molar-refractivity contribution in [2.24, 2.45) is 0 Å². The van der Waals surface area contributed by atoms with Crippen LogP contribution in [-0.2, 0) is 0 Å². The zero-order chi connectivity index (χ0) is 21.7. The number of nitrogens with one attached hydrogen (secondary N) is 1. The summed E-state index contributed by atoms with van der Waals surface area (Å²) in [5.74, 6) is -0.140. The van der Waals surface area contributed by atoms with Gasteiger partial charge in [0.05, 0.1) is 18.4 Å². The molecule has 1 aliphatic rings. The number of hydrogen-bond acceptors (Lipinski definition) is 4. The summed E-state index contributed by atoms with van der Waals surface area (Å²) in [4.78, 5) is 9.91. The Morgan fingerprint density at radius 3 is 2.84 bits per heavy atom. The average molecular weight is 431 g/mol. The average Bonchev–Trinajstić information content (AvgIpc) is 3.60. The number of H-pyrrole nitrogens is 1. The Hall–Kier alpha value is -4.01. The molecule has 1 N–H and O–H groups in total. The molecule has 1 aliphatic heterocycles. The van der Waals surface area contributed by atoms with Gasteiger partial charge in [-0.1, -0.05) is 0 Å². The standard InChI is InChI=1S/C23H19F2N7/c24-17-3-4-19(25)18(10-17)20-2-1-8-30(20)22-6-9-31-23(29-22)21(13-28-31)32-14-16(12-27-32)15-5-7-26-11-15/h3-7,9-14,20,26H,1-2,8H2. The lowest BCUT2D eigenvalue weighted by Crippen LogP contribution is -2.24. The summed E-state index contributed by atoms with van der Waals surface area (Å²) in [5.41, 5.74) is 3.75. The third kappa shape index (κ3) is 3.05. The van der Waals surface area contributed by atoms with E-state index in [4.69, 9.17) is 4.98 Å². The van der Waals surface area contributed by atoms with Gasteiger partial charge in [0.25, 0.3) is 0 Å². The number of rotatable bonds is 4. The lowest BCUT2D eigenvalue weighted by Gasteiger charge is -2.26. The quantitative estimate of drug-likeness (QED) is 0.454. The van der Waals surface area contributed by atoms with Gasteiger partial charge in [-0.15, -0.1) is 0 Å². The van der Waals surface area contributed by atoms with Crippen LogP contribution in [0.1, 0.15) is 24.4 Å². The molecule has 7 nitrogen and oxygen atoms in total. The van der Waals surface area contributed by atoms with Crippen molar-refractivity contribution in [2.45, 2.75) is 18.9 Å². The van der Waals surface area contributed by atoms with Gasteiger partial charge in [-0.2, -0.15) is 10.2 Å². The normalized spacial score (nSPS) is 16.3. The maximum absolute atomic E-state index is 14.5. The van der Waals surface area contributed by atoms with Gasteiger partial charge in [0.15, 0.2) is 5.65 Å². The summed E-state index contributed by atoms with van der Waals surface area (Å²) < 4.78 is 31.7. The molecule has 4 aromatic heterocycles. The lowest BCUT2D eigenvalue weighted by molar-refractivity contribution is 0.560. The molecule has 0 saturated carbocycles. The predicted octanol–water partition coefficient (Wildman–Crippen LogP) is 4.53. The highest BCUT2D eigenvalue weighted by atomic mass is 19.1. The topological polar surface area (TPSA) is 67.0 Å². The maximum Gasteiger partial charge on any atom is 0.183 e. The fourth-order valence-corrected chi connectivity index (χ4v) is 4.41. The molecule has 9 heteroatoms. The van der Waals surface area contributed by atoms with Gasteiger partial charge >= 0.3 is 0 Å². The van der Waals surface area contributed by atoms with Crippen molar-refractivity contribution in [3.63, 3.8) is 0 Å². The molecular weight excluding hydrogens is 412 g/mol. The first-order chi connectivity index (χ1) is 15.7. The van der Waals surface area contributed by atoms with Crippen LogP contribution in [0, 0.1) is 11.6 Å². The first kappa shape index (κ1) is 18.7. The van der Waals surface area contributed by atoms with E-state index < -0.39 is 11.6 Å². The Balaban J connectivity index is 1.39. The van der Waals surface area contributed by atoms with Gasteiger partial charge in [0, 0.05) is 48.0 Å². The van der Waals surface area contributed by atoms with Crippen LogP contribution in [0.25, 0.3) is 22.5 Å². The van der Waals surface area contributed by atoms with E-state index in [-0.39, 0.29) is 6.04 Å². The second-order valence-electron chi connectivity index (χ2n) is 7.87. The molecule has 1 aromatic carbocycles. The number of anilines is 1. The van der Waals surface area contributed by atoms with Crippen LogP contribution in [0.4, 0.5) is 14.6 Å². The molecule has 5 heterocycles. The van der Waals surface area contributed by atoms with E-state index in [1.54, 1.807) is 21.6 Å². The molecule has 1 unspecified atom stereocenters. The summed E-state index contributed by atoms with van der Waals surface area (Å²) in [6.07, 6.45) is 12.6. The third-order valence-corrected chi connectivity index (χ3v) is 5.96. The molecule has 0 bridgehead atoms. The highest BCUT2D eigenvalue weighted by Crippen LogP contribution is 2.37. The zero-order valence-electron chi connectivity index (χ0n) is 17.0. The van der Waals surface area contributed by atoms with Crippen LogP contribution in [0.15, 0.2) is 67.5 Å². The maximum atomic E-state index is 14.5. The fraction of sp³-hybridized carbons (Fsp3) is 0.174. The zero-order valence-corrected chi connectivity index (χ0v) is 17.0. The second kappa shape index (κ2) is 7.30. The SMILES string of the molecule is Fc1ccc(F)c(C2CCCN2c2ccn3ncc(-n4cc(-c5cc[nH]c5)cn4)c3n2)c1. The van der Waals surface area contributed by atoms with Crippen molar-refractivity contribution < 1.29 is 8.78 Å². The molecule has 0 radical (unpaired) electrons. The van der Waals surface area contributed by atoms with Gasteiger partial charge < -0.3 is 9.88 Å². The number of aromatic amines is 1. The molecule has 0 amide bonds. The molecule has 1 saturated heterocycles. The van der Waals surface area contributed by atoms with Gasteiger partial charge in [-0.05, 0) is 43.2 Å². The van der Waals surface area contributed by atoms with Crippen LogP contribution in [0.3, 0.4) is 0 Å². The van der Waals surface area contributed by atoms with Crippen molar-refractivity contribution in [3.05, 3.63) is 84.7 Å². The van der Waals surface area contributed by atoms with Gasteiger partial charge in [0.2, 0.25) is 0 Å². The van der Waals surface area contributed by atoms with E-state index in [0.717, 1.165) is 35.7 Å². The van der Waals surface area contributed by atoms with E-state index in [2.05, 4.69) is 15.2 Å². The monoisotopic (exact) mass is 431 g/mol. The molecule has 1 atom stereocenters. The van der Waals surface area contributed by atoms with E-state index in [1.165, 1.54) is 12.1 Å². The molecule has 0 spiro atoms. The number of aromatic nitrogens is 6. The summed E-state index contributed by atoms with van der Waals surface area (Å²) in [6.45, 7) is 0.715. The minimum Gasteiger partial charge on any atom is -0.367 e. The Kier molecular flexibility index (Phi) is 4.27. The van der Waals surface area contributed by atoms with Gasteiger partial charge in [0.1, 0.15) is 23.1 Å². The minimum absolute atomic E-state index is 0.267. The Labute approximate surface area is 181 Å². The van der Waals surface area contributed by atoms with Crippen molar-refractivity contribution in [1.82, 2.24) is 29.4 Å². The van der Waals surface area contributed by atoms with Crippen molar-refractivity contribution in [2.75, 3.05) is 11.4 Å². The number of nitrogens with zero attached hydrogens (tertiary/aromatic N) is 6. The number of benzene rings is 1. The van der Waals surface area contributed by atoms with E-state index in [9.17, 15) is 8.78 Å². The number of fused-ring (bicyclic) bond motifs is 1. The van der Waals surface area contributed by atoms with Crippen molar-refractivity contribution in [3.8, 4) is 16.8 Å². The van der Waals surface area contributed by atoms with Crippen molar-refractivity contribution >= 4 is 11.5 Å². The minimum atomic E-state index is -0.438. The summed E-state index contributed by atoms with van der Waals surface area (Å²) in [7, 11) is 0. The molecule has 5 aromatic rings. The van der Waals surface area contributed by atoms with Crippen LogP contribution >= 0.6 is 0 Å². The highest BCUT2D eigenvalue weighted by molar-refractivity contribution is 5.65. The Morgan fingerprint density at radius 1 is 1.03 bits per heavy atom. The molecule has 160 valence electrons. The molecule has 6 rings (SSSR count). The third-order valence-electron chi connectivity index (χ3n) is 5.96. The molecular formula is C23H19F2N7. The van der Waals surface area contributed by atoms with Crippen molar-refractivity contribution in [1.29, 1.82) is 0 Å². The van der Waals surface area contributed by atoms with E-state index in [1.807, 2.05) is 41.8 Å². The summed E-state index contributed by atoms with van der Waals surface area (Å²) in [5, 5.41) is 8.88. The van der Waals surface area contributed by atoms with Gasteiger partial charge in [-0.3, -0.25) is 0 Å². The molecule has 0 aliphatic carbocycles. The van der Waals surface area contributed by atoms with Crippen LogP contribution in [-0.4, -0.2) is 35.9 Å². The number of hydrogen-bond donors (Lipinski definition) is 1. The first-order valence-corrected chi connectivity index (χ1v) is 10.4. The largest absolute Gasteiger partial charge is 0.367 e. The Morgan fingerprint density at radius 2 is 1.97 bits per heavy atom. The molecule has 1 fully saturated rings. The summed E-state index contributed by atoms with van der Waals surface area (Å²) >= 11 is 0. The Bertz CT molecular complexity index is 1400. The van der Waals surface area contributed by atoms with Crippen LogP contribution < -0.4 is 4.90 Å². The van der Waals surface area contributed by atoms with E-state index >= 15 is 0 Å². The highest BCUT2D eigenvalue weighted by Gasteiger charge is 2.30. The molecule has 32 heavy (non-hydrogen) atoms. The van der Waals surface area contributed by atoms with Crippen LogP contribution in [0.2, 0.25) is 0 Å². The second-order valence-corrected chi connectivity index (χ2v) is 7.87. The fourth-order valence-electron chi connectivity index (χ4n) is 4.41. The van der Waals surface area contributed by atoms with E-state index in [0.29, 0.717) is 23.6 Å².